The first-order valence-corrected chi connectivity index (χ1v) is 7.60. The van der Waals surface area contributed by atoms with Crippen LogP contribution in [0, 0.1) is 0 Å². The smallest absolute Gasteiger partial charge is 0.0574 e. The molecule has 0 aliphatic carbocycles. The third-order valence-electron chi connectivity index (χ3n) is 4.31. The molecule has 0 amide bonds. The highest BCUT2D eigenvalue weighted by molar-refractivity contribution is 7.10. The van der Waals surface area contributed by atoms with Gasteiger partial charge in [0.1, 0.15) is 0 Å². The van der Waals surface area contributed by atoms with Gasteiger partial charge in [-0.25, -0.2) is 0 Å². The summed E-state index contributed by atoms with van der Waals surface area (Å²) >= 11 is 1.79. The van der Waals surface area contributed by atoms with Crippen LogP contribution in [0.5, 0.6) is 0 Å². The van der Waals surface area contributed by atoms with Gasteiger partial charge < -0.3 is 5.73 Å². The van der Waals surface area contributed by atoms with Crippen LogP contribution < -0.4 is 5.73 Å². The number of likely N-dealkylation sites (tertiary alicyclic amines) is 1. The zero-order valence-corrected chi connectivity index (χ0v) is 11.8. The summed E-state index contributed by atoms with van der Waals surface area (Å²) < 4.78 is 0. The lowest BCUT2D eigenvalue weighted by Gasteiger charge is -2.46. The molecule has 0 spiro atoms. The molecule has 0 aromatic carbocycles. The van der Waals surface area contributed by atoms with Gasteiger partial charge in [-0.15, -0.1) is 11.3 Å². The van der Waals surface area contributed by atoms with Crippen LogP contribution in [-0.2, 0) is 0 Å². The molecule has 1 aliphatic rings. The van der Waals surface area contributed by atoms with Crippen molar-refractivity contribution < 1.29 is 0 Å². The second-order valence-electron chi connectivity index (χ2n) is 5.25. The van der Waals surface area contributed by atoms with Crippen molar-refractivity contribution in [1.82, 2.24) is 4.90 Å². The zero-order chi connectivity index (χ0) is 12.3. The summed E-state index contributed by atoms with van der Waals surface area (Å²) in [6.07, 6.45) is 5.15. The van der Waals surface area contributed by atoms with Gasteiger partial charge in [-0.1, -0.05) is 19.4 Å². The maximum absolute atomic E-state index is 6.53. The van der Waals surface area contributed by atoms with Crippen molar-refractivity contribution in [2.45, 2.75) is 51.1 Å². The Hall–Kier alpha value is -0.380. The van der Waals surface area contributed by atoms with E-state index in [1.807, 2.05) is 0 Å². The molecule has 1 aromatic heterocycles. The standard InChI is InChI=1S/C14H24N2S/c1-3-14(2,16-9-5-4-6-10-16)13(15)12-8-7-11-17-12/h7-8,11,13H,3-6,9-10,15H2,1-2H3. The molecule has 1 aliphatic heterocycles. The van der Waals surface area contributed by atoms with E-state index in [9.17, 15) is 0 Å². The van der Waals surface area contributed by atoms with Gasteiger partial charge in [-0.05, 0) is 50.7 Å². The first kappa shape index (κ1) is 13.1. The molecule has 2 unspecified atom stereocenters. The van der Waals surface area contributed by atoms with Gasteiger partial charge in [0.25, 0.3) is 0 Å². The number of piperidine rings is 1. The van der Waals surface area contributed by atoms with Gasteiger partial charge in [0.15, 0.2) is 0 Å². The second-order valence-corrected chi connectivity index (χ2v) is 6.23. The number of hydrogen-bond acceptors (Lipinski definition) is 3. The van der Waals surface area contributed by atoms with E-state index in [1.165, 1.54) is 37.2 Å². The normalized spacial score (nSPS) is 23.2. The minimum Gasteiger partial charge on any atom is -0.322 e. The van der Waals surface area contributed by atoms with Crippen molar-refractivity contribution in [2.24, 2.45) is 5.73 Å². The molecule has 2 heterocycles. The number of rotatable bonds is 4. The Morgan fingerprint density at radius 1 is 1.41 bits per heavy atom. The van der Waals surface area contributed by atoms with Crippen molar-refractivity contribution in [3.63, 3.8) is 0 Å². The fourth-order valence-electron chi connectivity index (χ4n) is 2.82. The molecule has 2 nitrogen and oxygen atoms in total. The number of nitrogens with two attached hydrogens (primary N) is 1. The lowest BCUT2D eigenvalue weighted by Crippen LogP contribution is -2.54. The summed E-state index contributed by atoms with van der Waals surface area (Å²) in [6.45, 7) is 7.03. The molecule has 2 rings (SSSR count). The first-order chi connectivity index (χ1) is 8.18. The molecule has 17 heavy (non-hydrogen) atoms. The third-order valence-corrected chi connectivity index (χ3v) is 5.27. The summed E-state index contributed by atoms with van der Waals surface area (Å²) in [5, 5.41) is 2.13. The minimum atomic E-state index is 0.116. The molecule has 1 fully saturated rings. The molecule has 2 atom stereocenters. The summed E-state index contributed by atoms with van der Waals surface area (Å²) in [5.41, 5.74) is 6.64. The van der Waals surface area contributed by atoms with E-state index in [1.54, 1.807) is 11.3 Å². The van der Waals surface area contributed by atoms with E-state index in [-0.39, 0.29) is 11.6 Å². The van der Waals surface area contributed by atoms with Gasteiger partial charge in [-0.3, -0.25) is 4.90 Å². The molecule has 96 valence electrons. The van der Waals surface area contributed by atoms with Crippen LogP contribution in [0.15, 0.2) is 17.5 Å². The summed E-state index contributed by atoms with van der Waals surface area (Å²) in [6, 6.07) is 4.42. The highest BCUT2D eigenvalue weighted by Gasteiger charge is 2.37. The topological polar surface area (TPSA) is 29.3 Å². The van der Waals surface area contributed by atoms with Crippen molar-refractivity contribution in [3.05, 3.63) is 22.4 Å². The van der Waals surface area contributed by atoms with Crippen molar-refractivity contribution in [2.75, 3.05) is 13.1 Å². The first-order valence-electron chi connectivity index (χ1n) is 6.72. The van der Waals surface area contributed by atoms with Gasteiger partial charge >= 0.3 is 0 Å². The van der Waals surface area contributed by atoms with Crippen LogP contribution in [0.3, 0.4) is 0 Å². The van der Waals surface area contributed by atoms with Crippen LogP contribution in [0.25, 0.3) is 0 Å². The van der Waals surface area contributed by atoms with Crippen LogP contribution in [0.2, 0.25) is 0 Å². The van der Waals surface area contributed by atoms with E-state index in [2.05, 4.69) is 36.3 Å². The van der Waals surface area contributed by atoms with E-state index in [0.717, 1.165) is 6.42 Å². The quantitative estimate of drug-likeness (QED) is 0.890. The SMILES string of the molecule is CCC(C)(C(N)c1cccs1)N1CCCCC1. The lowest BCUT2D eigenvalue weighted by molar-refractivity contribution is 0.0552. The number of nitrogens with zero attached hydrogens (tertiary/aromatic N) is 1. The molecular formula is C14H24N2S. The number of hydrogen-bond donors (Lipinski definition) is 1. The Morgan fingerprint density at radius 3 is 2.65 bits per heavy atom. The van der Waals surface area contributed by atoms with Gasteiger partial charge in [0.05, 0.1) is 6.04 Å². The van der Waals surface area contributed by atoms with E-state index < -0.39 is 0 Å². The largest absolute Gasteiger partial charge is 0.322 e. The van der Waals surface area contributed by atoms with E-state index >= 15 is 0 Å². The lowest BCUT2D eigenvalue weighted by atomic mass is 9.85. The van der Waals surface area contributed by atoms with Crippen molar-refractivity contribution in [3.8, 4) is 0 Å². The van der Waals surface area contributed by atoms with Gasteiger partial charge in [0.2, 0.25) is 0 Å². The molecule has 0 bridgehead atoms. The van der Waals surface area contributed by atoms with E-state index in [0.29, 0.717) is 0 Å². The average molecular weight is 252 g/mol. The second kappa shape index (κ2) is 5.51. The highest BCUT2D eigenvalue weighted by atomic mass is 32.1. The van der Waals surface area contributed by atoms with Crippen LogP contribution >= 0.6 is 11.3 Å². The molecular weight excluding hydrogens is 228 g/mol. The summed E-state index contributed by atoms with van der Waals surface area (Å²) in [5.74, 6) is 0. The Morgan fingerprint density at radius 2 is 2.12 bits per heavy atom. The Kier molecular flexibility index (Phi) is 4.23. The zero-order valence-electron chi connectivity index (χ0n) is 11.0. The van der Waals surface area contributed by atoms with Crippen LogP contribution in [0.4, 0.5) is 0 Å². The summed E-state index contributed by atoms with van der Waals surface area (Å²) in [7, 11) is 0. The Balaban J connectivity index is 2.17. The minimum absolute atomic E-state index is 0.116. The molecule has 1 saturated heterocycles. The molecule has 0 radical (unpaired) electrons. The van der Waals surface area contributed by atoms with Gasteiger partial charge in [-0.2, -0.15) is 0 Å². The fraction of sp³-hybridized carbons (Fsp3) is 0.714. The van der Waals surface area contributed by atoms with Crippen molar-refractivity contribution >= 4 is 11.3 Å². The summed E-state index contributed by atoms with van der Waals surface area (Å²) in [4.78, 5) is 3.93. The predicted octanol–water partition coefficient (Wildman–Crippen LogP) is 3.40. The maximum atomic E-state index is 6.53. The van der Waals surface area contributed by atoms with Crippen molar-refractivity contribution in [1.29, 1.82) is 0 Å². The molecule has 0 saturated carbocycles. The molecule has 1 aromatic rings. The van der Waals surface area contributed by atoms with E-state index in [4.69, 9.17) is 5.73 Å². The monoisotopic (exact) mass is 252 g/mol. The fourth-order valence-corrected chi connectivity index (χ4v) is 3.69. The number of thiophene rings is 1. The Labute approximate surface area is 109 Å². The van der Waals surface area contributed by atoms with Crippen LogP contribution in [-0.4, -0.2) is 23.5 Å². The Bertz CT molecular complexity index is 330. The molecule has 3 heteroatoms. The van der Waals surface area contributed by atoms with Crippen LogP contribution in [0.1, 0.15) is 50.4 Å². The van der Waals surface area contributed by atoms with Gasteiger partial charge in [0, 0.05) is 10.4 Å². The highest BCUT2D eigenvalue weighted by Crippen LogP contribution is 2.35. The molecule has 2 N–H and O–H groups in total. The predicted molar refractivity (Wildman–Crippen MR) is 75.4 cm³/mol. The third kappa shape index (κ3) is 2.56. The maximum Gasteiger partial charge on any atom is 0.0574 e. The average Bonchev–Trinajstić information content (AvgIpc) is 2.92.